The van der Waals surface area contributed by atoms with Crippen LogP contribution in [0, 0.1) is 11.8 Å². The standard InChI is InChI=1S/C15H17N3OS/c1-10(12-7-16-8-12)14(19)18-15-17-9-13(20-15)11-5-3-2-4-6-11/h2-6,9-10,12,16H,7-8H2,1H3,(H,17,18,19). The predicted molar refractivity (Wildman–Crippen MR) is 81.7 cm³/mol. The largest absolute Gasteiger partial charge is 0.316 e. The van der Waals surface area contributed by atoms with E-state index in [-0.39, 0.29) is 11.8 Å². The Morgan fingerprint density at radius 1 is 1.40 bits per heavy atom. The highest BCUT2D eigenvalue weighted by Crippen LogP contribution is 2.29. The van der Waals surface area contributed by atoms with Crippen LogP contribution in [0.1, 0.15) is 6.92 Å². The van der Waals surface area contributed by atoms with E-state index in [1.54, 1.807) is 0 Å². The van der Waals surface area contributed by atoms with Crippen LogP contribution in [0.15, 0.2) is 36.5 Å². The molecule has 104 valence electrons. The Balaban J connectivity index is 1.66. The minimum Gasteiger partial charge on any atom is -0.316 e. The Morgan fingerprint density at radius 3 is 2.80 bits per heavy atom. The number of benzene rings is 1. The van der Waals surface area contributed by atoms with Gasteiger partial charge in [-0.2, -0.15) is 0 Å². The van der Waals surface area contributed by atoms with Crippen molar-refractivity contribution in [2.75, 3.05) is 18.4 Å². The second kappa shape index (κ2) is 5.73. The van der Waals surface area contributed by atoms with Crippen molar-refractivity contribution in [3.8, 4) is 10.4 Å². The Morgan fingerprint density at radius 2 is 2.15 bits per heavy atom. The lowest BCUT2D eigenvalue weighted by Crippen LogP contribution is -2.48. The van der Waals surface area contributed by atoms with Crippen molar-refractivity contribution in [3.63, 3.8) is 0 Å². The first kappa shape index (κ1) is 13.3. The van der Waals surface area contributed by atoms with Crippen LogP contribution < -0.4 is 10.6 Å². The van der Waals surface area contributed by atoms with Gasteiger partial charge in [0, 0.05) is 12.1 Å². The molecule has 2 heterocycles. The van der Waals surface area contributed by atoms with Crippen LogP contribution in [0.4, 0.5) is 5.13 Å². The van der Waals surface area contributed by atoms with Crippen molar-refractivity contribution >= 4 is 22.4 Å². The van der Waals surface area contributed by atoms with Crippen LogP contribution in [0.2, 0.25) is 0 Å². The van der Waals surface area contributed by atoms with Gasteiger partial charge in [0.05, 0.1) is 4.88 Å². The average Bonchev–Trinajstić information content (AvgIpc) is 2.86. The topological polar surface area (TPSA) is 54.0 Å². The Bertz CT molecular complexity index is 592. The smallest absolute Gasteiger partial charge is 0.229 e. The maximum absolute atomic E-state index is 12.1. The Hall–Kier alpha value is -1.72. The number of carbonyl (C=O) groups is 1. The van der Waals surface area contributed by atoms with Gasteiger partial charge in [0.2, 0.25) is 5.91 Å². The molecule has 0 saturated carbocycles. The molecule has 1 atom stereocenters. The van der Waals surface area contributed by atoms with Crippen LogP contribution in [-0.4, -0.2) is 24.0 Å². The van der Waals surface area contributed by atoms with Gasteiger partial charge in [-0.25, -0.2) is 4.98 Å². The van der Waals surface area contributed by atoms with E-state index >= 15 is 0 Å². The van der Waals surface area contributed by atoms with Crippen molar-refractivity contribution in [2.24, 2.45) is 11.8 Å². The van der Waals surface area contributed by atoms with Gasteiger partial charge >= 0.3 is 0 Å². The molecule has 1 fully saturated rings. The number of hydrogen-bond acceptors (Lipinski definition) is 4. The van der Waals surface area contributed by atoms with Crippen molar-refractivity contribution in [3.05, 3.63) is 36.5 Å². The number of nitrogens with one attached hydrogen (secondary N) is 2. The summed E-state index contributed by atoms with van der Waals surface area (Å²) in [7, 11) is 0. The van der Waals surface area contributed by atoms with Crippen molar-refractivity contribution in [2.45, 2.75) is 6.92 Å². The number of hydrogen-bond donors (Lipinski definition) is 2. The Kier molecular flexibility index (Phi) is 3.80. The predicted octanol–water partition coefficient (Wildman–Crippen LogP) is 2.60. The monoisotopic (exact) mass is 287 g/mol. The maximum Gasteiger partial charge on any atom is 0.229 e. The molecule has 0 aliphatic carbocycles. The van der Waals surface area contributed by atoms with Crippen LogP contribution in [0.25, 0.3) is 10.4 Å². The maximum atomic E-state index is 12.1. The number of nitrogens with zero attached hydrogens (tertiary/aromatic N) is 1. The minimum absolute atomic E-state index is 0.0281. The number of anilines is 1. The van der Waals surface area contributed by atoms with E-state index in [0.29, 0.717) is 11.0 Å². The third-order valence-corrected chi connectivity index (χ3v) is 4.69. The van der Waals surface area contributed by atoms with E-state index < -0.39 is 0 Å². The summed E-state index contributed by atoms with van der Waals surface area (Å²) in [4.78, 5) is 17.5. The summed E-state index contributed by atoms with van der Waals surface area (Å²) in [5, 5.41) is 6.79. The second-order valence-corrected chi connectivity index (χ2v) is 6.12. The summed E-state index contributed by atoms with van der Waals surface area (Å²) in [5.41, 5.74) is 1.13. The highest BCUT2D eigenvalue weighted by molar-refractivity contribution is 7.19. The summed E-state index contributed by atoms with van der Waals surface area (Å²) in [6.45, 7) is 3.84. The minimum atomic E-state index is 0.0281. The van der Waals surface area contributed by atoms with Crippen molar-refractivity contribution in [1.29, 1.82) is 0 Å². The third-order valence-electron chi connectivity index (χ3n) is 3.73. The lowest BCUT2D eigenvalue weighted by atomic mass is 9.88. The quantitative estimate of drug-likeness (QED) is 0.909. The van der Waals surface area contributed by atoms with Gasteiger partial charge < -0.3 is 10.6 Å². The molecule has 1 amide bonds. The molecule has 5 heteroatoms. The first-order valence-corrected chi connectivity index (χ1v) is 7.58. The third kappa shape index (κ3) is 2.73. The molecule has 0 spiro atoms. The van der Waals surface area contributed by atoms with Gasteiger partial charge in [-0.1, -0.05) is 48.6 Å². The van der Waals surface area contributed by atoms with Gasteiger partial charge in [0.15, 0.2) is 5.13 Å². The molecule has 0 radical (unpaired) electrons. The van der Waals surface area contributed by atoms with Crippen LogP contribution in [0.5, 0.6) is 0 Å². The molecular formula is C15H17N3OS. The van der Waals surface area contributed by atoms with Gasteiger partial charge in [-0.05, 0) is 24.6 Å². The average molecular weight is 287 g/mol. The molecule has 1 saturated heterocycles. The van der Waals surface area contributed by atoms with E-state index in [2.05, 4.69) is 15.6 Å². The normalized spacial score (nSPS) is 16.4. The van der Waals surface area contributed by atoms with E-state index in [1.165, 1.54) is 11.3 Å². The van der Waals surface area contributed by atoms with Crippen LogP contribution in [-0.2, 0) is 4.79 Å². The summed E-state index contributed by atoms with van der Waals surface area (Å²) >= 11 is 1.51. The molecule has 1 unspecified atom stereocenters. The molecule has 1 aromatic carbocycles. The molecule has 1 aliphatic heterocycles. The highest BCUT2D eigenvalue weighted by Gasteiger charge is 2.29. The van der Waals surface area contributed by atoms with E-state index in [0.717, 1.165) is 23.5 Å². The zero-order chi connectivity index (χ0) is 13.9. The summed E-state index contributed by atoms with van der Waals surface area (Å²) in [6.07, 6.45) is 1.81. The molecule has 1 aromatic heterocycles. The number of amides is 1. The van der Waals surface area contributed by atoms with Gasteiger partial charge in [-0.3, -0.25) is 4.79 Å². The fourth-order valence-electron chi connectivity index (χ4n) is 2.17. The van der Waals surface area contributed by atoms with Crippen molar-refractivity contribution in [1.82, 2.24) is 10.3 Å². The lowest BCUT2D eigenvalue weighted by molar-refractivity contribution is -0.121. The zero-order valence-electron chi connectivity index (χ0n) is 11.3. The fourth-order valence-corrected chi connectivity index (χ4v) is 2.99. The van der Waals surface area contributed by atoms with Gasteiger partial charge in [-0.15, -0.1) is 0 Å². The molecule has 2 N–H and O–H groups in total. The molecule has 20 heavy (non-hydrogen) atoms. The molecule has 2 aromatic rings. The van der Waals surface area contributed by atoms with Gasteiger partial charge in [0.25, 0.3) is 0 Å². The molecule has 3 rings (SSSR count). The molecular weight excluding hydrogens is 270 g/mol. The number of carbonyl (C=O) groups excluding carboxylic acids is 1. The fraction of sp³-hybridized carbons (Fsp3) is 0.333. The van der Waals surface area contributed by atoms with E-state index in [9.17, 15) is 4.79 Å². The Labute approximate surface area is 122 Å². The van der Waals surface area contributed by atoms with Gasteiger partial charge in [0.1, 0.15) is 0 Å². The van der Waals surface area contributed by atoms with E-state index in [1.807, 2.05) is 43.5 Å². The summed E-state index contributed by atoms with van der Waals surface area (Å²) < 4.78 is 0. The second-order valence-electron chi connectivity index (χ2n) is 5.09. The first-order valence-electron chi connectivity index (χ1n) is 6.77. The summed E-state index contributed by atoms with van der Waals surface area (Å²) in [6, 6.07) is 10.1. The van der Waals surface area contributed by atoms with E-state index in [4.69, 9.17) is 0 Å². The summed E-state index contributed by atoms with van der Waals surface area (Å²) in [5.74, 6) is 0.536. The first-order chi connectivity index (χ1) is 9.74. The molecule has 0 bridgehead atoms. The van der Waals surface area contributed by atoms with Crippen LogP contribution >= 0.6 is 11.3 Å². The molecule has 4 nitrogen and oxygen atoms in total. The molecule has 1 aliphatic rings. The zero-order valence-corrected chi connectivity index (χ0v) is 12.1. The number of aromatic nitrogens is 1. The number of rotatable bonds is 4. The SMILES string of the molecule is CC(C(=O)Nc1ncc(-c2ccccc2)s1)C1CNC1. The van der Waals surface area contributed by atoms with Crippen molar-refractivity contribution < 1.29 is 4.79 Å². The highest BCUT2D eigenvalue weighted by atomic mass is 32.1. The lowest BCUT2D eigenvalue weighted by Gasteiger charge is -2.31. The van der Waals surface area contributed by atoms with Crippen LogP contribution in [0.3, 0.4) is 0 Å². The number of thiazole rings is 1.